The summed E-state index contributed by atoms with van der Waals surface area (Å²) in [5.41, 5.74) is 5.31. The van der Waals surface area contributed by atoms with Gasteiger partial charge in [0.25, 0.3) is 5.95 Å². The van der Waals surface area contributed by atoms with Gasteiger partial charge >= 0.3 is 5.97 Å². The van der Waals surface area contributed by atoms with E-state index in [1.165, 1.54) is 14.2 Å². The molecule has 0 rings (SSSR count). The molecule has 0 aliphatic carbocycles. The summed E-state index contributed by atoms with van der Waals surface area (Å²) in [7, 11) is 2.40. The molecular weight excluding hydrogens is 212 g/mol. The molecule has 3 N–H and O–H groups in total. The number of nitrogens with two attached hydrogens (primary N) is 1. The van der Waals surface area contributed by atoms with Crippen molar-refractivity contribution in [3.63, 3.8) is 0 Å². The van der Waals surface area contributed by atoms with Crippen LogP contribution in [0.5, 0.6) is 0 Å². The summed E-state index contributed by atoms with van der Waals surface area (Å²) in [6, 6.07) is 0. The van der Waals surface area contributed by atoms with Gasteiger partial charge in [-0.1, -0.05) is 13.8 Å². The number of ether oxygens (including phenoxy) is 2. The summed E-state index contributed by atoms with van der Waals surface area (Å²) in [6.45, 7) is 4.35. The molecule has 92 valence electrons. The smallest absolute Gasteiger partial charge is 0.348 e. The summed E-state index contributed by atoms with van der Waals surface area (Å²) < 4.78 is 9.00. The molecule has 0 aliphatic heterocycles. The molecule has 0 radical (unpaired) electrons. The molecule has 0 spiro atoms. The fourth-order valence-corrected chi connectivity index (χ4v) is 0.866. The molecule has 6 nitrogen and oxygen atoms in total. The quantitative estimate of drug-likeness (QED) is 0.237. The van der Waals surface area contributed by atoms with Crippen LogP contribution in [-0.2, 0) is 14.3 Å². The second kappa shape index (κ2) is 6.71. The summed E-state index contributed by atoms with van der Waals surface area (Å²) in [5, 5.41) is 9.35. The lowest BCUT2D eigenvalue weighted by molar-refractivity contribution is -0.136. The van der Waals surface area contributed by atoms with Gasteiger partial charge in [-0.25, -0.2) is 4.79 Å². The lowest BCUT2D eigenvalue weighted by Gasteiger charge is -2.08. The number of hydrogen-bond acceptors (Lipinski definition) is 5. The van der Waals surface area contributed by atoms with Crippen LogP contribution in [0, 0.1) is 5.92 Å². The van der Waals surface area contributed by atoms with E-state index in [9.17, 15) is 9.90 Å². The Labute approximate surface area is 94.8 Å². The first-order chi connectivity index (χ1) is 7.43. The Balaban J connectivity index is 5.06. The molecule has 0 aliphatic rings. The van der Waals surface area contributed by atoms with Crippen molar-refractivity contribution in [3.8, 4) is 0 Å². The fraction of sp³-hybridized carbons (Fsp3) is 0.600. The topological polar surface area (TPSA) is 94.1 Å². The van der Waals surface area contributed by atoms with Crippen LogP contribution in [0.25, 0.3) is 0 Å². The lowest BCUT2D eigenvalue weighted by Crippen LogP contribution is -2.25. The number of aliphatic hydroxyl groups is 1. The molecule has 0 unspecified atom stereocenters. The maximum absolute atomic E-state index is 11.3. The number of nitrogens with zero attached hydrogens (tertiary/aromatic N) is 1. The Morgan fingerprint density at radius 1 is 1.38 bits per heavy atom. The molecule has 6 heteroatoms. The number of methoxy groups -OCH3 is 2. The Bertz CT molecular complexity index is 308. The van der Waals surface area contributed by atoms with E-state index >= 15 is 0 Å². The minimum atomic E-state index is -0.788. The third kappa shape index (κ3) is 4.20. The van der Waals surface area contributed by atoms with Crippen LogP contribution in [0.4, 0.5) is 0 Å². The third-order valence-electron chi connectivity index (χ3n) is 1.68. The van der Waals surface area contributed by atoms with Gasteiger partial charge in [-0.3, -0.25) is 4.99 Å². The third-order valence-corrected chi connectivity index (χ3v) is 1.68. The van der Waals surface area contributed by atoms with E-state index in [1.54, 1.807) is 0 Å². The van der Waals surface area contributed by atoms with Gasteiger partial charge < -0.3 is 20.3 Å². The summed E-state index contributed by atoms with van der Waals surface area (Å²) in [5.74, 6) is -1.19. The van der Waals surface area contributed by atoms with E-state index in [2.05, 4.69) is 14.5 Å². The minimum absolute atomic E-state index is 0.0973. The van der Waals surface area contributed by atoms with Gasteiger partial charge in [-0.15, -0.1) is 0 Å². The van der Waals surface area contributed by atoms with Crippen molar-refractivity contribution in [1.82, 2.24) is 0 Å². The van der Waals surface area contributed by atoms with Crippen molar-refractivity contribution < 1.29 is 19.4 Å². The number of amidine groups is 1. The first-order valence-electron chi connectivity index (χ1n) is 4.79. The van der Waals surface area contributed by atoms with E-state index in [1.807, 2.05) is 13.8 Å². The summed E-state index contributed by atoms with van der Waals surface area (Å²) >= 11 is 0. The molecule has 0 amide bonds. The molecule has 0 saturated carbocycles. The average Bonchev–Trinajstić information content (AvgIpc) is 2.25. The van der Waals surface area contributed by atoms with Crippen LogP contribution >= 0.6 is 0 Å². The number of rotatable bonds is 5. The molecule has 0 saturated heterocycles. The van der Waals surface area contributed by atoms with Crippen LogP contribution in [0.2, 0.25) is 0 Å². The molecule has 16 heavy (non-hydrogen) atoms. The molecule has 0 atom stereocenters. The van der Waals surface area contributed by atoms with Crippen LogP contribution in [0.15, 0.2) is 16.5 Å². The van der Waals surface area contributed by atoms with Gasteiger partial charge in [-0.05, 0) is 5.92 Å². The van der Waals surface area contributed by atoms with Gasteiger partial charge in [0, 0.05) is 6.54 Å². The highest BCUT2D eigenvalue weighted by Crippen LogP contribution is 2.06. The summed E-state index contributed by atoms with van der Waals surface area (Å²) in [4.78, 5) is 15.3. The first kappa shape index (κ1) is 14.3. The second-order valence-corrected chi connectivity index (χ2v) is 3.50. The molecule has 0 aromatic carbocycles. The molecule has 0 aromatic heterocycles. The number of carbonyl (C=O) groups excluding carboxylic acids is 1. The Kier molecular flexibility index (Phi) is 5.99. The van der Waals surface area contributed by atoms with Crippen molar-refractivity contribution >= 4 is 11.8 Å². The Hall–Kier alpha value is -1.72. The fourth-order valence-electron chi connectivity index (χ4n) is 0.866. The van der Waals surface area contributed by atoms with Gasteiger partial charge in [-0.2, -0.15) is 0 Å². The van der Waals surface area contributed by atoms with E-state index in [-0.39, 0.29) is 11.4 Å². The number of hydrogen-bond donors (Lipinski definition) is 2. The van der Waals surface area contributed by atoms with Crippen molar-refractivity contribution in [3.05, 3.63) is 11.5 Å². The predicted octanol–water partition coefficient (Wildman–Crippen LogP) is 0.589. The van der Waals surface area contributed by atoms with Crippen molar-refractivity contribution in [2.24, 2.45) is 16.6 Å². The van der Waals surface area contributed by atoms with Crippen LogP contribution in [0.1, 0.15) is 13.8 Å². The van der Waals surface area contributed by atoms with Crippen LogP contribution in [0.3, 0.4) is 0 Å². The molecular formula is C10H18N2O4. The van der Waals surface area contributed by atoms with E-state index < -0.39 is 11.9 Å². The normalized spacial score (nSPS) is 13.4. The number of carbonyl (C=O) groups is 1. The van der Waals surface area contributed by atoms with Crippen LogP contribution < -0.4 is 5.73 Å². The molecule has 0 bridgehead atoms. The van der Waals surface area contributed by atoms with Gasteiger partial charge in [0.2, 0.25) is 0 Å². The van der Waals surface area contributed by atoms with E-state index in [4.69, 9.17) is 5.73 Å². The van der Waals surface area contributed by atoms with Crippen molar-refractivity contribution in [2.45, 2.75) is 13.8 Å². The number of esters is 1. The maximum atomic E-state index is 11.3. The zero-order chi connectivity index (χ0) is 12.7. The van der Waals surface area contributed by atoms with E-state index in [0.29, 0.717) is 12.5 Å². The Morgan fingerprint density at radius 2 is 1.94 bits per heavy atom. The second-order valence-electron chi connectivity index (χ2n) is 3.50. The average molecular weight is 230 g/mol. The predicted molar refractivity (Wildman–Crippen MR) is 60.0 cm³/mol. The zero-order valence-electron chi connectivity index (χ0n) is 9.98. The molecule has 0 heterocycles. The largest absolute Gasteiger partial charge is 0.480 e. The first-order valence-corrected chi connectivity index (χ1v) is 4.79. The highest BCUT2D eigenvalue weighted by Gasteiger charge is 2.21. The van der Waals surface area contributed by atoms with Crippen LogP contribution in [-0.4, -0.2) is 37.7 Å². The van der Waals surface area contributed by atoms with E-state index in [0.717, 1.165) is 0 Å². The SMILES string of the molecule is COC(=O)/C(C(N)=NCC(C)C)=C(/O)OC. The van der Waals surface area contributed by atoms with Gasteiger partial charge in [0.05, 0.1) is 14.2 Å². The van der Waals surface area contributed by atoms with Crippen molar-refractivity contribution in [2.75, 3.05) is 20.8 Å². The molecule has 0 fully saturated rings. The standard InChI is InChI=1S/C10H18N2O4/c1-6(2)5-12-8(11)7(9(13)15-3)10(14)16-4/h6,13H,5H2,1-4H3,(H2,11,12)/b9-7-. The van der Waals surface area contributed by atoms with Crippen molar-refractivity contribution in [1.29, 1.82) is 0 Å². The maximum Gasteiger partial charge on any atom is 0.348 e. The lowest BCUT2D eigenvalue weighted by atomic mass is 10.2. The minimum Gasteiger partial charge on any atom is -0.480 e. The molecule has 0 aromatic rings. The summed E-state index contributed by atoms with van der Waals surface area (Å²) in [6.07, 6.45) is 0. The monoisotopic (exact) mass is 230 g/mol. The van der Waals surface area contributed by atoms with Gasteiger partial charge in [0.15, 0.2) is 5.57 Å². The Morgan fingerprint density at radius 3 is 2.31 bits per heavy atom. The highest BCUT2D eigenvalue weighted by molar-refractivity contribution is 6.18. The number of aliphatic imine (C=N–C) groups is 1. The zero-order valence-corrected chi connectivity index (χ0v) is 9.98. The highest BCUT2D eigenvalue weighted by atomic mass is 16.6. The van der Waals surface area contributed by atoms with Gasteiger partial charge in [0.1, 0.15) is 5.84 Å². The number of aliphatic hydroxyl groups excluding tert-OH is 1.